The van der Waals surface area contributed by atoms with Crippen LogP contribution in [0.2, 0.25) is 10.0 Å². The first-order chi connectivity index (χ1) is 9.04. The van der Waals surface area contributed by atoms with Crippen molar-refractivity contribution in [1.29, 1.82) is 0 Å². The zero-order valence-electron chi connectivity index (χ0n) is 10.3. The van der Waals surface area contributed by atoms with Gasteiger partial charge in [-0.15, -0.1) is 0 Å². The standard InChI is InChI=1S/C13H12Cl2FN3/c1-7-6-19(9-2-3-9)13(17-7)18-12-10(14)4-8(16)5-11(12)15/h4-6,9H,2-3H2,1H3,(H,17,18). The van der Waals surface area contributed by atoms with E-state index in [4.69, 9.17) is 23.2 Å². The summed E-state index contributed by atoms with van der Waals surface area (Å²) in [6.45, 7) is 1.93. The van der Waals surface area contributed by atoms with Crippen LogP contribution in [0.1, 0.15) is 24.6 Å². The molecule has 1 heterocycles. The normalized spacial score (nSPS) is 14.7. The molecule has 0 unspecified atom stereocenters. The smallest absolute Gasteiger partial charge is 0.207 e. The fraction of sp³-hybridized carbons (Fsp3) is 0.308. The lowest BCUT2D eigenvalue weighted by molar-refractivity contribution is 0.628. The van der Waals surface area contributed by atoms with Gasteiger partial charge in [0.2, 0.25) is 5.95 Å². The summed E-state index contributed by atoms with van der Waals surface area (Å²) in [6, 6.07) is 2.95. The monoisotopic (exact) mass is 299 g/mol. The van der Waals surface area contributed by atoms with E-state index in [9.17, 15) is 4.39 Å². The summed E-state index contributed by atoms with van der Waals surface area (Å²) >= 11 is 12.0. The van der Waals surface area contributed by atoms with Crippen LogP contribution in [0.4, 0.5) is 16.0 Å². The summed E-state index contributed by atoms with van der Waals surface area (Å²) < 4.78 is 15.2. The molecule has 0 spiro atoms. The lowest BCUT2D eigenvalue weighted by Crippen LogP contribution is -2.02. The molecular weight excluding hydrogens is 288 g/mol. The summed E-state index contributed by atoms with van der Waals surface area (Å²) in [6.07, 6.45) is 4.29. The minimum atomic E-state index is -0.456. The van der Waals surface area contributed by atoms with Crippen molar-refractivity contribution in [3.63, 3.8) is 0 Å². The number of hydrogen-bond acceptors (Lipinski definition) is 2. The number of benzene rings is 1. The van der Waals surface area contributed by atoms with Gasteiger partial charge in [0.15, 0.2) is 0 Å². The zero-order valence-corrected chi connectivity index (χ0v) is 11.8. The molecule has 6 heteroatoms. The number of rotatable bonds is 3. The Kier molecular flexibility index (Phi) is 3.15. The average Bonchev–Trinajstić information content (AvgIpc) is 3.08. The molecule has 100 valence electrons. The van der Waals surface area contributed by atoms with Gasteiger partial charge in [-0.25, -0.2) is 9.37 Å². The largest absolute Gasteiger partial charge is 0.323 e. The maximum absolute atomic E-state index is 13.2. The average molecular weight is 300 g/mol. The van der Waals surface area contributed by atoms with Crippen molar-refractivity contribution in [3.8, 4) is 0 Å². The SMILES string of the molecule is Cc1cn(C2CC2)c(Nc2c(Cl)cc(F)cc2Cl)n1. The van der Waals surface area contributed by atoms with Crippen LogP contribution in [-0.4, -0.2) is 9.55 Å². The number of imidazole rings is 1. The summed E-state index contributed by atoms with van der Waals surface area (Å²) in [5.74, 6) is 0.234. The van der Waals surface area contributed by atoms with Crippen molar-refractivity contribution in [2.24, 2.45) is 0 Å². The van der Waals surface area contributed by atoms with Crippen LogP contribution >= 0.6 is 23.2 Å². The van der Waals surface area contributed by atoms with Gasteiger partial charge in [-0.1, -0.05) is 23.2 Å². The summed E-state index contributed by atoms with van der Waals surface area (Å²) in [7, 11) is 0. The maximum Gasteiger partial charge on any atom is 0.207 e. The molecule has 1 aliphatic carbocycles. The third-order valence-electron chi connectivity index (χ3n) is 3.04. The number of aromatic nitrogens is 2. The van der Waals surface area contributed by atoms with E-state index in [1.54, 1.807) is 0 Å². The first kappa shape index (κ1) is 12.8. The summed E-state index contributed by atoms with van der Waals surface area (Å²) in [5, 5.41) is 3.59. The van der Waals surface area contributed by atoms with Gasteiger partial charge < -0.3 is 9.88 Å². The highest BCUT2D eigenvalue weighted by molar-refractivity contribution is 6.39. The van der Waals surface area contributed by atoms with E-state index < -0.39 is 5.82 Å². The Labute approximate surface area is 120 Å². The Balaban J connectivity index is 1.97. The van der Waals surface area contributed by atoms with E-state index >= 15 is 0 Å². The van der Waals surface area contributed by atoms with E-state index in [1.807, 2.05) is 13.1 Å². The van der Waals surface area contributed by atoms with Crippen molar-refractivity contribution in [2.75, 3.05) is 5.32 Å². The Bertz CT molecular complexity index is 612. The van der Waals surface area contributed by atoms with Gasteiger partial charge in [0.1, 0.15) is 5.82 Å². The fourth-order valence-electron chi connectivity index (χ4n) is 2.01. The topological polar surface area (TPSA) is 29.9 Å². The minimum absolute atomic E-state index is 0.244. The highest BCUT2D eigenvalue weighted by atomic mass is 35.5. The molecule has 1 saturated carbocycles. The van der Waals surface area contributed by atoms with E-state index in [2.05, 4.69) is 14.9 Å². The quantitative estimate of drug-likeness (QED) is 0.889. The molecule has 0 radical (unpaired) electrons. The lowest BCUT2D eigenvalue weighted by Gasteiger charge is -2.11. The zero-order chi connectivity index (χ0) is 13.6. The summed E-state index contributed by atoms with van der Waals surface area (Å²) in [5.41, 5.74) is 1.40. The van der Waals surface area contributed by atoms with Gasteiger partial charge in [-0.05, 0) is 31.9 Å². The molecule has 1 fully saturated rings. The number of nitrogens with zero attached hydrogens (tertiary/aromatic N) is 2. The third kappa shape index (κ3) is 2.55. The molecule has 0 amide bonds. The van der Waals surface area contributed by atoms with Gasteiger partial charge in [0.25, 0.3) is 0 Å². The van der Waals surface area contributed by atoms with Crippen molar-refractivity contribution in [2.45, 2.75) is 25.8 Å². The Morgan fingerprint density at radius 2 is 1.95 bits per heavy atom. The van der Waals surface area contributed by atoms with Crippen molar-refractivity contribution in [3.05, 3.63) is 39.9 Å². The molecule has 3 nitrogen and oxygen atoms in total. The predicted octanol–water partition coefficient (Wildman–Crippen LogP) is 4.72. The van der Waals surface area contributed by atoms with E-state index in [1.165, 1.54) is 12.1 Å². The second kappa shape index (κ2) is 4.69. The van der Waals surface area contributed by atoms with Gasteiger partial charge in [-0.2, -0.15) is 0 Å². The minimum Gasteiger partial charge on any atom is -0.323 e. The molecule has 3 rings (SSSR count). The molecule has 0 bridgehead atoms. The highest BCUT2D eigenvalue weighted by Crippen LogP contribution is 2.39. The van der Waals surface area contributed by atoms with E-state index in [-0.39, 0.29) is 10.0 Å². The number of nitrogens with one attached hydrogen (secondary N) is 1. The van der Waals surface area contributed by atoms with Crippen LogP contribution in [0.3, 0.4) is 0 Å². The molecule has 0 atom stereocenters. The molecule has 0 aliphatic heterocycles. The van der Waals surface area contributed by atoms with Crippen LogP contribution in [-0.2, 0) is 0 Å². The Morgan fingerprint density at radius 1 is 1.32 bits per heavy atom. The van der Waals surface area contributed by atoms with Crippen LogP contribution < -0.4 is 5.32 Å². The van der Waals surface area contributed by atoms with E-state index in [0.717, 1.165) is 18.5 Å². The Morgan fingerprint density at radius 3 is 2.53 bits per heavy atom. The van der Waals surface area contributed by atoms with Crippen LogP contribution in [0.5, 0.6) is 0 Å². The number of aryl methyl sites for hydroxylation is 1. The molecule has 0 saturated heterocycles. The molecule has 1 N–H and O–H groups in total. The van der Waals surface area contributed by atoms with Gasteiger partial charge >= 0.3 is 0 Å². The number of halogens is 3. The molecule has 19 heavy (non-hydrogen) atoms. The van der Waals surface area contributed by atoms with Crippen molar-refractivity contribution < 1.29 is 4.39 Å². The van der Waals surface area contributed by atoms with Gasteiger partial charge in [0.05, 0.1) is 21.4 Å². The van der Waals surface area contributed by atoms with E-state index in [0.29, 0.717) is 17.7 Å². The van der Waals surface area contributed by atoms with Crippen LogP contribution in [0.25, 0.3) is 0 Å². The van der Waals surface area contributed by atoms with Crippen LogP contribution in [0, 0.1) is 12.7 Å². The first-order valence-corrected chi connectivity index (χ1v) is 6.77. The molecule has 1 aromatic carbocycles. The maximum atomic E-state index is 13.2. The van der Waals surface area contributed by atoms with Crippen LogP contribution in [0.15, 0.2) is 18.3 Å². The van der Waals surface area contributed by atoms with Crippen molar-refractivity contribution in [1.82, 2.24) is 9.55 Å². The molecule has 1 aromatic heterocycles. The second-order valence-electron chi connectivity index (χ2n) is 4.71. The summed E-state index contributed by atoms with van der Waals surface area (Å²) in [4.78, 5) is 4.41. The third-order valence-corrected chi connectivity index (χ3v) is 3.63. The number of anilines is 2. The Hall–Kier alpha value is -1.26. The highest BCUT2D eigenvalue weighted by Gasteiger charge is 2.26. The molecule has 1 aliphatic rings. The molecule has 2 aromatic rings. The van der Waals surface area contributed by atoms with Crippen molar-refractivity contribution >= 4 is 34.8 Å². The first-order valence-electron chi connectivity index (χ1n) is 6.01. The fourth-order valence-corrected chi connectivity index (χ4v) is 2.57. The second-order valence-corrected chi connectivity index (χ2v) is 5.53. The lowest BCUT2D eigenvalue weighted by atomic mass is 10.3. The van der Waals surface area contributed by atoms with Gasteiger partial charge in [0, 0.05) is 12.2 Å². The van der Waals surface area contributed by atoms with Gasteiger partial charge in [-0.3, -0.25) is 0 Å². The number of hydrogen-bond donors (Lipinski definition) is 1. The predicted molar refractivity (Wildman–Crippen MR) is 74.9 cm³/mol. The molecular formula is C13H12Cl2FN3.